The molecular weight excluding hydrogens is 251 g/mol. The summed E-state index contributed by atoms with van der Waals surface area (Å²) < 4.78 is 8.55. The van der Waals surface area contributed by atoms with Crippen LogP contribution in [0, 0.1) is 0 Å². The van der Waals surface area contributed by atoms with Crippen molar-refractivity contribution in [1.82, 2.24) is 0 Å². The summed E-state index contributed by atoms with van der Waals surface area (Å²) in [6.45, 7) is 0. The van der Waals surface area contributed by atoms with Gasteiger partial charge in [0.1, 0.15) is 0 Å². The molecule has 0 aromatic rings. The molecule has 0 saturated carbocycles. The van der Waals surface area contributed by atoms with Crippen LogP contribution in [0.2, 0.25) is 0 Å². The van der Waals surface area contributed by atoms with Crippen LogP contribution in [-0.2, 0) is 30.8 Å². The molecule has 0 aliphatic carbocycles. The average molecular weight is 251 g/mol. The molecule has 34 valence electrons. The zero-order valence-electron chi connectivity index (χ0n) is 3.99. The van der Waals surface area contributed by atoms with E-state index in [0.717, 1.165) is 0 Å². The molecule has 0 heterocycles. The summed E-state index contributed by atoms with van der Waals surface area (Å²) in [6.07, 6.45) is 0. The van der Waals surface area contributed by atoms with Gasteiger partial charge in [-0.05, 0) is 0 Å². The molecule has 0 fully saturated rings. The molecule has 0 unspecified atom stereocenters. The van der Waals surface area contributed by atoms with Crippen LogP contribution in [0.4, 0.5) is 0 Å². The summed E-state index contributed by atoms with van der Waals surface area (Å²) in [5.41, 5.74) is 0. The van der Waals surface area contributed by atoms with Crippen molar-refractivity contribution in [2.24, 2.45) is 0 Å². The van der Waals surface area contributed by atoms with E-state index in [4.69, 9.17) is 19.2 Å². The molecule has 0 aliphatic rings. The first-order chi connectivity index (χ1) is 2.00. The molecule has 8 heteroatoms. The largest absolute Gasteiger partial charge is 2.00 e. The van der Waals surface area contributed by atoms with Crippen LogP contribution in [0.25, 0.3) is 0 Å². The quantitative estimate of drug-likeness (QED) is 0.329. The smallest absolute Gasteiger partial charge is 0.822 e. The maximum absolute atomic E-state index is 8.55. The van der Waals surface area contributed by atoms with E-state index in [-0.39, 0.29) is 87.0 Å². The van der Waals surface area contributed by atoms with Gasteiger partial charge in [-0.1, -0.05) is 0 Å². The first-order valence-electron chi connectivity index (χ1n) is 0.730. The van der Waals surface area contributed by atoms with Gasteiger partial charge in [-0.15, -0.1) is 0 Å². The predicted molar refractivity (Wildman–Crippen MR) is 19.1 cm³/mol. The van der Waals surface area contributed by atoms with Crippen LogP contribution in [0.15, 0.2) is 0 Å². The number of rotatable bonds is 0. The second-order valence-electron chi connectivity index (χ2n) is 0.447. The van der Waals surface area contributed by atoms with Crippen molar-refractivity contribution >= 4 is 68.6 Å². The maximum atomic E-state index is 8.55. The Labute approximate surface area is 112 Å². The summed E-state index contributed by atoms with van der Waals surface area (Å²) >= 11 is 0. The van der Waals surface area contributed by atoms with E-state index in [9.17, 15) is 0 Å². The maximum Gasteiger partial charge on any atom is 2.00 e. The first-order valence-corrected chi connectivity index (χ1v) is 2.19. The fourth-order valence-corrected chi connectivity index (χ4v) is 0. The van der Waals surface area contributed by atoms with Crippen molar-refractivity contribution in [3.05, 3.63) is 0 Å². The summed E-state index contributed by atoms with van der Waals surface area (Å²) in [4.78, 5) is 25.6. The SMILES string of the molecule is O=P([O-])([O-])[O-].[Ca+2].[Mg+2].[Zr+2]. The van der Waals surface area contributed by atoms with Crippen molar-refractivity contribution in [1.29, 1.82) is 0 Å². The van der Waals surface area contributed by atoms with Crippen molar-refractivity contribution in [2.45, 2.75) is 0 Å². The Bertz CT molecular complexity index is 62.2. The summed E-state index contributed by atoms with van der Waals surface area (Å²) in [5, 5.41) is 0. The fourth-order valence-electron chi connectivity index (χ4n) is 0. The molecule has 0 aromatic heterocycles. The number of hydrogen-bond acceptors (Lipinski definition) is 4. The fraction of sp³-hybridized carbons (Fsp3) is 0. The van der Waals surface area contributed by atoms with Gasteiger partial charge < -0.3 is 19.2 Å². The van der Waals surface area contributed by atoms with Crippen LogP contribution < -0.4 is 14.7 Å². The minimum atomic E-state index is -5.39. The third kappa shape index (κ3) is 63.6. The van der Waals surface area contributed by atoms with Crippen molar-refractivity contribution in [3.63, 3.8) is 0 Å². The van der Waals surface area contributed by atoms with E-state index < -0.39 is 7.82 Å². The third-order valence-electron chi connectivity index (χ3n) is 0. The molecule has 0 rings (SSSR count). The van der Waals surface area contributed by atoms with Crippen LogP contribution in [0.1, 0.15) is 0 Å². The minimum Gasteiger partial charge on any atom is -0.822 e. The molecule has 0 bridgehead atoms. The summed E-state index contributed by atoms with van der Waals surface area (Å²) in [7, 11) is -5.39. The third-order valence-corrected chi connectivity index (χ3v) is 0. The molecule has 8 heavy (non-hydrogen) atoms. The van der Waals surface area contributed by atoms with Gasteiger partial charge in [0, 0.05) is 0 Å². The summed E-state index contributed by atoms with van der Waals surface area (Å²) in [6, 6.07) is 0. The molecule has 0 saturated heterocycles. The van der Waals surface area contributed by atoms with Crippen LogP contribution in [0.3, 0.4) is 0 Å². The summed E-state index contributed by atoms with van der Waals surface area (Å²) in [5.74, 6) is 0. The Balaban J connectivity index is -0.0000000267. The van der Waals surface area contributed by atoms with Gasteiger partial charge in [0.2, 0.25) is 0 Å². The molecule has 0 amide bonds. The van der Waals surface area contributed by atoms with Gasteiger partial charge in [-0.25, -0.2) is 0 Å². The molecule has 0 atom stereocenters. The first kappa shape index (κ1) is 22.5. The van der Waals surface area contributed by atoms with E-state index in [1.807, 2.05) is 0 Å². The predicted octanol–water partition coefficient (Wildman–Crippen LogP) is -3.59. The van der Waals surface area contributed by atoms with E-state index in [1.165, 1.54) is 0 Å². The molecule has 0 radical (unpaired) electrons. The Morgan fingerprint density at radius 1 is 1.12 bits per heavy atom. The van der Waals surface area contributed by atoms with Gasteiger partial charge in [-0.2, -0.15) is 7.82 Å². The van der Waals surface area contributed by atoms with Crippen molar-refractivity contribution < 1.29 is 45.4 Å². The topological polar surface area (TPSA) is 86.2 Å². The Morgan fingerprint density at radius 3 is 1.12 bits per heavy atom. The Kier molecular flexibility index (Phi) is 28.1. The van der Waals surface area contributed by atoms with Crippen LogP contribution >= 0.6 is 7.82 Å². The molecular formula is CaMgO4PZr+3. The second kappa shape index (κ2) is 10.0. The Hall–Kier alpha value is 3.02. The molecule has 0 aliphatic heterocycles. The van der Waals surface area contributed by atoms with Crippen molar-refractivity contribution in [2.75, 3.05) is 0 Å². The van der Waals surface area contributed by atoms with Gasteiger partial charge >= 0.3 is 87.0 Å². The Morgan fingerprint density at radius 2 is 1.12 bits per heavy atom. The van der Waals surface area contributed by atoms with Crippen molar-refractivity contribution in [3.8, 4) is 0 Å². The van der Waals surface area contributed by atoms with Gasteiger partial charge in [0.05, 0.1) is 0 Å². The average Bonchev–Trinajstić information content (AvgIpc) is 0.722. The van der Waals surface area contributed by atoms with Gasteiger partial charge in [0.15, 0.2) is 0 Å². The van der Waals surface area contributed by atoms with Gasteiger partial charge in [-0.3, -0.25) is 0 Å². The number of hydrogen-bond donors (Lipinski definition) is 0. The zero-order valence-corrected chi connectivity index (χ0v) is 11.0. The standard InChI is InChI=1S/Ca.Mg.H3O4P.Zr/c;;1-5(2,3)4;/h;;(H3,1,2,3,4);/q2*+2;;+2/p-3. The normalized spacial score (nSPS) is 7.38. The zero-order chi connectivity index (χ0) is 4.50. The minimum absolute atomic E-state index is 0. The molecule has 0 N–H and O–H groups in total. The van der Waals surface area contributed by atoms with E-state index in [2.05, 4.69) is 0 Å². The van der Waals surface area contributed by atoms with E-state index in [0.29, 0.717) is 0 Å². The van der Waals surface area contributed by atoms with E-state index in [1.54, 1.807) is 0 Å². The monoisotopic (exact) mass is 249 g/mol. The molecule has 4 nitrogen and oxygen atoms in total. The van der Waals surface area contributed by atoms with Gasteiger partial charge in [0.25, 0.3) is 0 Å². The second-order valence-corrected chi connectivity index (χ2v) is 1.34. The molecule has 0 spiro atoms. The number of phosphoric acid groups is 1. The molecule has 0 aromatic carbocycles. The van der Waals surface area contributed by atoms with Crippen LogP contribution in [-0.4, -0.2) is 60.8 Å². The van der Waals surface area contributed by atoms with Crippen LogP contribution in [0.5, 0.6) is 0 Å². The van der Waals surface area contributed by atoms with E-state index >= 15 is 0 Å².